The average molecular weight is 280 g/mol. The maximum absolute atomic E-state index is 11.5. The third-order valence-corrected chi connectivity index (χ3v) is 2.67. The number of carbonyl (C=O) groups is 2. The van der Waals surface area contributed by atoms with Crippen LogP contribution in [-0.2, 0) is 0 Å². The summed E-state index contributed by atoms with van der Waals surface area (Å²) in [7, 11) is 0. The van der Waals surface area contributed by atoms with E-state index >= 15 is 0 Å². The van der Waals surface area contributed by atoms with Crippen molar-refractivity contribution in [2.75, 3.05) is 10.6 Å². The van der Waals surface area contributed by atoms with E-state index in [1.54, 1.807) is 0 Å². The van der Waals surface area contributed by atoms with Crippen LogP contribution in [0.3, 0.4) is 0 Å². The van der Waals surface area contributed by atoms with Crippen LogP contribution in [0.5, 0.6) is 5.75 Å². The van der Waals surface area contributed by atoms with Crippen LogP contribution >= 0.6 is 11.3 Å². The topological polar surface area (TPSA) is 124 Å². The Morgan fingerprint density at radius 2 is 2.05 bits per heavy atom. The predicted molar refractivity (Wildman–Crippen MR) is 67.6 cm³/mol. The van der Waals surface area contributed by atoms with Gasteiger partial charge in [0.25, 0.3) is 0 Å². The molecule has 4 N–H and O–H groups in total. The second-order valence-electron chi connectivity index (χ2n) is 3.36. The van der Waals surface area contributed by atoms with Crippen molar-refractivity contribution in [3.05, 3.63) is 29.3 Å². The number of rotatable bonds is 3. The number of carboxylic acids is 1. The summed E-state index contributed by atoms with van der Waals surface area (Å²) in [4.78, 5) is 22.2. The van der Waals surface area contributed by atoms with Crippen LogP contribution in [0.2, 0.25) is 0 Å². The van der Waals surface area contributed by atoms with Gasteiger partial charge >= 0.3 is 12.0 Å². The quantitative estimate of drug-likeness (QED) is 0.676. The number of amides is 2. The highest BCUT2D eigenvalue weighted by atomic mass is 32.1. The smallest absolute Gasteiger partial charge is 0.339 e. The number of nitrogens with zero attached hydrogens (tertiary/aromatic N) is 2. The summed E-state index contributed by atoms with van der Waals surface area (Å²) in [5, 5.41) is 30.5. The minimum absolute atomic E-state index is 0.241. The van der Waals surface area contributed by atoms with Gasteiger partial charge in [0, 0.05) is 11.8 Å². The zero-order chi connectivity index (χ0) is 13.8. The van der Waals surface area contributed by atoms with E-state index in [0.717, 1.165) is 17.4 Å². The molecule has 1 aromatic heterocycles. The van der Waals surface area contributed by atoms with Gasteiger partial charge in [-0.25, -0.2) is 9.59 Å². The molecule has 19 heavy (non-hydrogen) atoms. The van der Waals surface area contributed by atoms with Gasteiger partial charge in [-0.15, -0.1) is 10.2 Å². The normalized spacial score (nSPS) is 9.89. The average Bonchev–Trinajstić information content (AvgIpc) is 2.81. The summed E-state index contributed by atoms with van der Waals surface area (Å²) in [5.41, 5.74) is 1.47. The number of carboxylic acid groups (broad SMARTS) is 1. The first-order chi connectivity index (χ1) is 9.06. The van der Waals surface area contributed by atoms with Crippen molar-refractivity contribution < 1.29 is 19.8 Å². The SMILES string of the molecule is O=C(Nc1ccc(C(=O)O)c(O)c1)Nc1nncs1. The van der Waals surface area contributed by atoms with Crippen molar-refractivity contribution in [2.24, 2.45) is 0 Å². The maximum Gasteiger partial charge on any atom is 0.339 e. The Morgan fingerprint density at radius 3 is 2.63 bits per heavy atom. The largest absolute Gasteiger partial charge is 0.507 e. The molecule has 0 atom stereocenters. The monoisotopic (exact) mass is 280 g/mol. The lowest BCUT2D eigenvalue weighted by atomic mass is 10.2. The maximum atomic E-state index is 11.5. The standard InChI is InChI=1S/C10H8N4O4S/c15-7-3-5(1-2-6(7)8(16)17)12-9(18)13-10-14-11-4-19-10/h1-4,15H,(H,16,17)(H2,12,13,14,18). The summed E-state index contributed by atoms with van der Waals surface area (Å²) in [6.45, 7) is 0. The van der Waals surface area contributed by atoms with Gasteiger partial charge in [-0.2, -0.15) is 0 Å². The Bertz CT molecular complexity index is 614. The fraction of sp³-hybridized carbons (Fsp3) is 0. The molecule has 0 aliphatic rings. The molecule has 98 valence electrons. The van der Waals surface area contributed by atoms with Gasteiger partial charge in [-0.3, -0.25) is 5.32 Å². The summed E-state index contributed by atoms with van der Waals surface area (Å²) in [6, 6.07) is 3.13. The molecular weight excluding hydrogens is 272 g/mol. The van der Waals surface area contributed by atoms with E-state index in [4.69, 9.17) is 5.11 Å². The Kier molecular flexibility index (Phi) is 3.57. The highest BCUT2D eigenvalue weighted by Gasteiger charge is 2.11. The zero-order valence-electron chi connectivity index (χ0n) is 9.32. The molecule has 0 saturated heterocycles. The highest BCUT2D eigenvalue weighted by Crippen LogP contribution is 2.22. The van der Waals surface area contributed by atoms with E-state index < -0.39 is 17.7 Å². The van der Waals surface area contributed by atoms with Crippen LogP contribution in [0.25, 0.3) is 0 Å². The molecule has 8 nitrogen and oxygen atoms in total. The first-order valence-corrected chi connectivity index (χ1v) is 5.84. The van der Waals surface area contributed by atoms with Crippen molar-refractivity contribution >= 4 is 34.2 Å². The van der Waals surface area contributed by atoms with Gasteiger partial charge in [0.05, 0.1) is 0 Å². The fourth-order valence-electron chi connectivity index (χ4n) is 1.28. The highest BCUT2D eigenvalue weighted by molar-refractivity contribution is 7.13. The van der Waals surface area contributed by atoms with Crippen molar-refractivity contribution in [1.82, 2.24) is 10.2 Å². The van der Waals surface area contributed by atoms with Crippen LogP contribution in [0.4, 0.5) is 15.6 Å². The molecule has 0 aliphatic carbocycles. The number of benzene rings is 1. The summed E-state index contributed by atoms with van der Waals surface area (Å²) in [6.07, 6.45) is 0. The number of hydrogen-bond donors (Lipinski definition) is 4. The second kappa shape index (κ2) is 5.31. The molecule has 0 bridgehead atoms. The first kappa shape index (κ1) is 12.8. The van der Waals surface area contributed by atoms with Gasteiger partial charge in [0.1, 0.15) is 16.8 Å². The van der Waals surface area contributed by atoms with Crippen LogP contribution in [0.1, 0.15) is 10.4 Å². The Balaban J connectivity index is 2.05. The molecule has 9 heteroatoms. The summed E-state index contributed by atoms with van der Waals surface area (Å²) in [5.74, 6) is -1.68. The minimum atomic E-state index is -1.25. The molecule has 0 saturated carbocycles. The second-order valence-corrected chi connectivity index (χ2v) is 4.19. The van der Waals surface area contributed by atoms with Gasteiger partial charge in [-0.05, 0) is 12.1 Å². The molecule has 0 spiro atoms. The van der Waals surface area contributed by atoms with Gasteiger partial charge in [-0.1, -0.05) is 11.3 Å². The third kappa shape index (κ3) is 3.16. The van der Waals surface area contributed by atoms with Gasteiger partial charge in [0.2, 0.25) is 5.13 Å². The van der Waals surface area contributed by atoms with Crippen LogP contribution in [0, 0.1) is 0 Å². The van der Waals surface area contributed by atoms with E-state index in [2.05, 4.69) is 20.8 Å². The molecule has 2 amide bonds. The van der Waals surface area contributed by atoms with Crippen molar-refractivity contribution in [2.45, 2.75) is 0 Å². The number of phenols is 1. The Hall–Kier alpha value is -2.68. The van der Waals surface area contributed by atoms with Crippen LogP contribution in [0.15, 0.2) is 23.7 Å². The number of carbonyl (C=O) groups excluding carboxylic acids is 1. The number of aromatic hydroxyl groups is 1. The number of aromatic carboxylic acids is 1. The number of hydrogen-bond acceptors (Lipinski definition) is 6. The number of nitrogens with one attached hydrogen (secondary N) is 2. The Morgan fingerprint density at radius 1 is 1.26 bits per heavy atom. The molecule has 0 aliphatic heterocycles. The van der Waals surface area contributed by atoms with E-state index in [-0.39, 0.29) is 11.3 Å². The lowest BCUT2D eigenvalue weighted by molar-refractivity contribution is 0.0694. The lowest BCUT2D eigenvalue weighted by Crippen LogP contribution is -2.19. The molecule has 0 fully saturated rings. The molecule has 0 radical (unpaired) electrons. The molecule has 2 rings (SSSR count). The van der Waals surface area contributed by atoms with Crippen molar-refractivity contribution in [3.8, 4) is 5.75 Å². The number of anilines is 2. The van der Waals surface area contributed by atoms with Crippen LogP contribution in [-0.4, -0.2) is 32.4 Å². The first-order valence-electron chi connectivity index (χ1n) is 4.97. The summed E-state index contributed by atoms with van der Waals surface area (Å²) < 4.78 is 0. The molecule has 0 unspecified atom stereocenters. The molecule has 1 aromatic carbocycles. The number of aromatic nitrogens is 2. The van der Waals surface area contributed by atoms with Crippen molar-refractivity contribution in [3.63, 3.8) is 0 Å². The van der Waals surface area contributed by atoms with Crippen molar-refractivity contribution in [1.29, 1.82) is 0 Å². The van der Waals surface area contributed by atoms with E-state index in [9.17, 15) is 14.7 Å². The third-order valence-electron chi connectivity index (χ3n) is 2.07. The zero-order valence-corrected chi connectivity index (χ0v) is 10.1. The lowest BCUT2D eigenvalue weighted by Gasteiger charge is -2.06. The van der Waals surface area contributed by atoms with E-state index in [0.29, 0.717) is 5.13 Å². The molecular formula is C10H8N4O4S. The fourth-order valence-corrected chi connectivity index (χ4v) is 1.72. The molecule has 2 aromatic rings. The van der Waals surface area contributed by atoms with Gasteiger partial charge in [0.15, 0.2) is 0 Å². The predicted octanol–water partition coefficient (Wildman–Crippen LogP) is 1.59. The van der Waals surface area contributed by atoms with E-state index in [1.165, 1.54) is 17.6 Å². The Labute approximate surface area is 110 Å². The van der Waals surface area contributed by atoms with E-state index in [1.807, 2.05) is 0 Å². The minimum Gasteiger partial charge on any atom is -0.507 e. The van der Waals surface area contributed by atoms with Gasteiger partial charge < -0.3 is 15.5 Å². The number of urea groups is 1. The van der Waals surface area contributed by atoms with Crippen LogP contribution < -0.4 is 10.6 Å². The summed E-state index contributed by atoms with van der Waals surface area (Å²) >= 11 is 1.15. The molecule has 1 heterocycles.